The summed E-state index contributed by atoms with van der Waals surface area (Å²) in [6.07, 6.45) is 0. The third kappa shape index (κ3) is 3.59. The molecule has 0 unspecified atom stereocenters. The lowest BCUT2D eigenvalue weighted by molar-refractivity contribution is 0.669. The van der Waals surface area contributed by atoms with E-state index >= 15 is 0 Å². The zero-order valence-electron chi connectivity index (χ0n) is 28.1. The molecule has 8 aromatic carbocycles. The molecule has 0 aliphatic rings. The molecule has 0 spiro atoms. The third-order valence-corrected chi connectivity index (χ3v) is 12.5. The fourth-order valence-corrected chi connectivity index (χ4v) is 10.1. The number of para-hydroxylation sites is 3. The summed E-state index contributed by atoms with van der Waals surface area (Å²) in [6.45, 7) is 0. The van der Waals surface area contributed by atoms with Crippen molar-refractivity contribution in [1.29, 1.82) is 0 Å². The number of hydrogen-bond acceptors (Lipinski definition) is 3. The molecule has 0 amide bonds. The maximum absolute atomic E-state index is 7.18. The van der Waals surface area contributed by atoms with E-state index in [1.165, 1.54) is 36.5 Å². The minimum atomic E-state index is 0.891. The van der Waals surface area contributed by atoms with E-state index in [4.69, 9.17) is 8.83 Å². The van der Waals surface area contributed by atoms with Gasteiger partial charge in [-0.3, -0.25) is 0 Å². The molecule has 0 aliphatic heterocycles. The van der Waals surface area contributed by atoms with Crippen molar-refractivity contribution in [3.63, 3.8) is 0 Å². The molecule has 0 radical (unpaired) electrons. The highest BCUT2D eigenvalue weighted by atomic mass is 32.1. The van der Waals surface area contributed by atoms with Crippen LogP contribution in [0.2, 0.25) is 0 Å². The number of hydrogen-bond donors (Lipinski definition) is 0. The summed E-state index contributed by atoms with van der Waals surface area (Å²) in [7, 11) is 0. The zero-order chi connectivity index (χ0) is 34.4. The quantitative estimate of drug-likeness (QED) is 0.181. The van der Waals surface area contributed by atoms with Gasteiger partial charge in [0, 0.05) is 63.9 Å². The molecule has 13 aromatic rings. The summed E-state index contributed by atoms with van der Waals surface area (Å²) in [5.41, 5.74) is 10.4. The molecular weight excluding hydrogens is 669 g/mol. The van der Waals surface area contributed by atoms with E-state index in [-0.39, 0.29) is 0 Å². The number of fused-ring (bicyclic) bond motifs is 17. The molecule has 0 saturated carbocycles. The van der Waals surface area contributed by atoms with E-state index in [1.54, 1.807) is 0 Å². The molecule has 0 saturated heterocycles. The second kappa shape index (κ2) is 9.94. The van der Waals surface area contributed by atoms with E-state index < -0.39 is 0 Å². The number of furan rings is 2. The fraction of sp³-hybridized carbons (Fsp3) is 0. The number of aromatic nitrogens is 2. The number of thiophene rings is 1. The fourth-order valence-electron chi connectivity index (χ4n) is 9.06. The summed E-state index contributed by atoms with van der Waals surface area (Å²) in [5, 5.41) is 11.7. The molecule has 0 fully saturated rings. The van der Waals surface area contributed by atoms with Gasteiger partial charge in [0.2, 0.25) is 0 Å². The van der Waals surface area contributed by atoms with Crippen molar-refractivity contribution < 1.29 is 8.83 Å². The van der Waals surface area contributed by atoms with E-state index in [9.17, 15) is 0 Å². The van der Waals surface area contributed by atoms with Crippen molar-refractivity contribution in [2.45, 2.75) is 0 Å². The Hall–Kier alpha value is -6.82. The first-order chi connectivity index (χ1) is 26.3. The van der Waals surface area contributed by atoms with Crippen LogP contribution in [-0.4, -0.2) is 9.13 Å². The highest BCUT2D eigenvalue weighted by Gasteiger charge is 2.23. The molecule has 5 heteroatoms. The van der Waals surface area contributed by atoms with E-state index in [2.05, 4.69) is 155 Å². The molecule has 0 atom stereocenters. The van der Waals surface area contributed by atoms with Crippen LogP contribution in [0.1, 0.15) is 0 Å². The van der Waals surface area contributed by atoms with Crippen molar-refractivity contribution >= 4 is 119 Å². The van der Waals surface area contributed by atoms with Gasteiger partial charge in [0.25, 0.3) is 0 Å². The third-order valence-electron chi connectivity index (χ3n) is 11.3. The lowest BCUT2D eigenvalue weighted by Gasteiger charge is -2.08. The Labute approximate surface area is 304 Å². The van der Waals surface area contributed by atoms with Gasteiger partial charge in [-0.05, 0) is 84.9 Å². The Kier molecular flexibility index (Phi) is 5.22. The van der Waals surface area contributed by atoms with Crippen LogP contribution in [0, 0.1) is 0 Å². The van der Waals surface area contributed by atoms with Crippen molar-refractivity contribution in [3.05, 3.63) is 158 Å². The van der Waals surface area contributed by atoms with Crippen LogP contribution in [0.25, 0.3) is 119 Å². The molecule has 246 valence electrons. The monoisotopic (exact) mass is 694 g/mol. The first-order valence-electron chi connectivity index (χ1n) is 17.9. The SMILES string of the molecule is c1ccc2c(c1)oc1ccc(-n3c4ccccc4c4c5oc6c(ccc7c6c6ccccc6n7-c6ccc7sc8ccccc8c7c6)c5ccc43)cc12. The van der Waals surface area contributed by atoms with Crippen LogP contribution in [0.5, 0.6) is 0 Å². The van der Waals surface area contributed by atoms with Gasteiger partial charge in [-0.1, -0.05) is 72.8 Å². The predicted molar refractivity (Wildman–Crippen MR) is 223 cm³/mol. The maximum Gasteiger partial charge on any atom is 0.145 e. The van der Waals surface area contributed by atoms with Gasteiger partial charge in [0.05, 0.1) is 32.8 Å². The van der Waals surface area contributed by atoms with Gasteiger partial charge in [0.1, 0.15) is 22.3 Å². The van der Waals surface area contributed by atoms with Gasteiger partial charge in [-0.25, -0.2) is 0 Å². The standard InChI is InChI=1S/C48H26N2O2S/c1-5-13-37-33(11-1)45-39(49(37)27-17-23-42-35(25-27)29-9-3-7-15-41(29)51-42)21-19-31-32-20-22-40-46(48(32)52-47(31)45)34-12-2-6-14-38(34)50(40)28-18-24-44-36(26-28)30-10-4-8-16-43(30)53-44/h1-26H. The largest absolute Gasteiger partial charge is 0.456 e. The Morgan fingerprint density at radius 1 is 0.340 bits per heavy atom. The molecular formula is C48H26N2O2S. The Bertz CT molecular complexity index is 3460. The lowest BCUT2D eigenvalue weighted by Crippen LogP contribution is -1.93. The van der Waals surface area contributed by atoms with Crippen molar-refractivity contribution in [1.82, 2.24) is 9.13 Å². The molecule has 5 heterocycles. The van der Waals surface area contributed by atoms with Crippen LogP contribution in [0.15, 0.2) is 167 Å². The average molecular weight is 695 g/mol. The van der Waals surface area contributed by atoms with Gasteiger partial charge >= 0.3 is 0 Å². The Balaban J connectivity index is 1.10. The number of rotatable bonds is 2. The highest BCUT2D eigenvalue weighted by molar-refractivity contribution is 7.25. The molecule has 4 nitrogen and oxygen atoms in total. The van der Waals surface area contributed by atoms with Gasteiger partial charge in [-0.2, -0.15) is 0 Å². The molecule has 53 heavy (non-hydrogen) atoms. The zero-order valence-corrected chi connectivity index (χ0v) is 28.9. The second-order valence-electron chi connectivity index (χ2n) is 14.0. The van der Waals surface area contributed by atoms with Gasteiger partial charge in [-0.15, -0.1) is 11.3 Å². The van der Waals surface area contributed by atoms with E-state index in [1.807, 2.05) is 23.5 Å². The van der Waals surface area contributed by atoms with Crippen molar-refractivity contribution in [3.8, 4) is 11.4 Å². The minimum Gasteiger partial charge on any atom is -0.456 e. The van der Waals surface area contributed by atoms with E-state index in [0.29, 0.717) is 0 Å². The minimum absolute atomic E-state index is 0.891. The van der Waals surface area contributed by atoms with E-state index in [0.717, 1.165) is 82.6 Å². The number of nitrogens with zero attached hydrogens (tertiary/aromatic N) is 2. The highest BCUT2D eigenvalue weighted by Crippen LogP contribution is 2.45. The van der Waals surface area contributed by atoms with Crippen molar-refractivity contribution in [2.75, 3.05) is 0 Å². The maximum atomic E-state index is 7.18. The first kappa shape index (κ1) is 27.8. The Morgan fingerprint density at radius 3 is 1.57 bits per heavy atom. The summed E-state index contributed by atoms with van der Waals surface area (Å²) >= 11 is 1.85. The van der Waals surface area contributed by atoms with Crippen LogP contribution in [-0.2, 0) is 0 Å². The first-order valence-corrected chi connectivity index (χ1v) is 18.7. The predicted octanol–water partition coefficient (Wildman–Crippen LogP) is 14.0. The molecule has 0 aliphatic carbocycles. The van der Waals surface area contributed by atoms with Crippen LogP contribution < -0.4 is 0 Å². The van der Waals surface area contributed by atoms with Gasteiger partial charge in [0.15, 0.2) is 0 Å². The van der Waals surface area contributed by atoms with Crippen LogP contribution >= 0.6 is 11.3 Å². The molecule has 5 aromatic heterocycles. The average Bonchev–Trinajstić information content (AvgIpc) is 4.01. The number of benzene rings is 8. The lowest BCUT2D eigenvalue weighted by atomic mass is 10.1. The Morgan fingerprint density at radius 2 is 0.868 bits per heavy atom. The second-order valence-corrected chi connectivity index (χ2v) is 15.1. The smallest absolute Gasteiger partial charge is 0.145 e. The van der Waals surface area contributed by atoms with Crippen LogP contribution in [0.3, 0.4) is 0 Å². The van der Waals surface area contributed by atoms with Gasteiger partial charge < -0.3 is 18.0 Å². The van der Waals surface area contributed by atoms with Crippen LogP contribution in [0.4, 0.5) is 0 Å². The summed E-state index contributed by atoms with van der Waals surface area (Å²) in [4.78, 5) is 0. The summed E-state index contributed by atoms with van der Waals surface area (Å²) < 4.78 is 20.8. The molecule has 0 N–H and O–H groups in total. The topological polar surface area (TPSA) is 36.1 Å². The summed E-state index contributed by atoms with van der Waals surface area (Å²) in [5.74, 6) is 0. The summed E-state index contributed by atoms with van der Waals surface area (Å²) in [6, 6.07) is 56.8. The molecule has 0 bridgehead atoms. The normalized spacial score (nSPS) is 12.5. The van der Waals surface area contributed by atoms with Crippen molar-refractivity contribution in [2.24, 2.45) is 0 Å². The molecule has 13 rings (SSSR count).